The average Bonchev–Trinajstić information content (AvgIpc) is 2.43. The lowest BCUT2D eigenvalue weighted by Gasteiger charge is -2.17. The van der Waals surface area contributed by atoms with Gasteiger partial charge in [-0.25, -0.2) is 4.98 Å². The van der Waals surface area contributed by atoms with Crippen LogP contribution in [0.4, 0.5) is 0 Å². The highest BCUT2D eigenvalue weighted by Crippen LogP contribution is 2.14. The first kappa shape index (κ1) is 16.6. The number of ether oxygens (including phenoxy) is 1. The number of nitrogens with zero attached hydrogens (tertiary/aromatic N) is 2. The van der Waals surface area contributed by atoms with Gasteiger partial charge in [-0.3, -0.25) is 9.59 Å². The number of rotatable bonds is 7. The van der Waals surface area contributed by atoms with Gasteiger partial charge in [0.05, 0.1) is 12.1 Å². The van der Waals surface area contributed by atoms with Crippen molar-refractivity contribution < 1.29 is 14.3 Å². The summed E-state index contributed by atoms with van der Waals surface area (Å²) in [6.07, 6.45) is 2.33. The fraction of sp³-hybridized carbons (Fsp3) is 0.462. The lowest BCUT2D eigenvalue weighted by atomic mass is 10.2. The normalized spacial score (nSPS) is 10.2. The summed E-state index contributed by atoms with van der Waals surface area (Å²) < 4.78 is 5.36. The van der Waals surface area contributed by atoms with Crippen molar-refractivity contribution in [3.63, 3.8) is 0 Å². The van der Waals surface area contributed by atoms with Crippen LogP contribution in [0, 0.1) is 0 Å². The van der Waals surface area contributed by atoms with E-state index < -0.39 is 0 Å². The van der Waals surface area contributed by atoms with E-state index in [1.54, 1.807) is 32.5 Å². The van der Waals surface area contributed by atoms with Gasteiger partial charge in [0, 0.05) is 33.5 Å². The predicted molar refractivity (Wildman–Crippen MR) is 78.4 cm³/mol. The standard InChI is InChI=1S/C13H18BrN3O3/c1-17(9-11(18)15-7-4-8-20-2)13(19)10-5-3-6-16-12(10)14/h3,5-6H,4,7-9H2,1-2H3,(H,15,18). The molecule has 0 bridgehead atoms. The number of carbonyl (C=O) groups excluding carboxylic acids is 2. The van der Waals surface area contributed by atoms with Gasteiger partial charge in [0.25, 0.3) is 5.91 Å². The monoisotopic (exact) mass is 343 g/mol. The molecule has 0 saturated heterocycles. The number of methoxy groups -OCH3 is 1. The summed E-state index contributed by atoms with van der Waals surface area (Å²) in [6.45, 7) is 1.14. The van der Waals surface area contributed by atoms with Gasteiger partial charge in [0.15, 0.2) is 0 Å². The molecule has 0 aliphatic rings. The summed E-state index contributed by atoms with van der Waals surface area (Å²) in [5.74, 6) is -0.450. The van der Waals surface area contributed by atoms with Gasteiger partial charge in [-0.05, 0) is 34.5 Å². The Balaban J connectivity index is 2.46. The molecule has 0 fully saturated rings. The molecule has 6 nitrogen and oxygen atoms in total. The number of nitrogens with one attached hydrogen (secondary N) is 1. The minimum atomic E-state index is -0.253. The molecule has 2 amide bonds. The molecular formula is C13H18BrN3O3. The molecule has 1 rings (SSSR count). The highest BCUT2D eigenvalue weighted by molar-refractivity contribution is 9.10. The SMILES string of the molecule is COCCCNC(=O)CN(C)C(=O)c1cccnc1Br. The maximum absolute atomic E-state index is 12.1. The Labute approximate surface area is 126 Å². The van der Waals surface area contributed by atoms with Crippen molar-refractivity contribution in [3.8, 4) is 0 Å². The van der Waals surface area contributed by atoms with Crippen LogP contribution in [-0.2, 0) is 9.53 Å². The number of hydrogen-bond acceptors (Lipinski definition) is 4. The zero-order chi connectivity index (χ0) is 15.0. The van der Waals surface area contributed by atoms with Gasteiger partial charge >= 0.3 is 0 Å². The number of pyridine rings is 1. The number of carbonyl (C=O) groups is 2. The summed E-state index contributed by atoms with van der Waals surface area (Å²) in [5.41, 5.74) is 0.433. The predicted octanol–water partition coefficient (Wildman–Crippen LogP) is 1.07. The van der Waals surface area contributed by atoms with Crippen molar-refractivity contribution >= 4 is 27.7 Å². The highest BCUT2D eigenvalue weighted by Gasteiger charge is 2.17. The average molecular weight is 344 g/mol. The molecule has 0 aliphatic carbocycles. The van der Waals surface area contributed by atoms with Gasteiger partial charge in [-0.1, -0.05) is 0 Å². The molecule has 1 heterocycles. The quantitative estimate of drug-likeness (QED) is 0.593. The molecule has 0 aliphatic heterocycles. The summed E-state index contributed by atoms with van der Waals surface area (Å²) >= 11 is 3.22. The third-order valence-electron chi connectivity index (χ3n) is 2.56. The molecule has 0 spiro atoms. The van der Waals surface area contributed by atoms with E-state index in [1.807, 2.05) is 0 Å². The van der Waals surface area contributed by atoms with E-state index in [2.05, 4.69) is 26.2 Å². The van der Waals surface area contributed by atoms with Crippen LogP contribution in [0.5, 0.6) is 0 Å². The van der Waals surface area contributed by atoms with Gasteiger partial charge in [-0.15, -0.1) is 0 Å². The lowest BCUT2D eigenvalue weighted by Crippen LogP contribution is -2.39. The highest BCUT2D eigenvalue weighted by atomic mass is 79.9. The second-order valence-corrected chi connectivity index (χ2v) is 4.95. The fourth-order valence-corrected chi connectivity index (χ4v) is 1.96. The van der Waals surface area contributed by atoms with Crippen molar-refractivity contribution in [1.29, 1.82) is 0 Å². The van der Waals surface area contributed by atoms with Crippen LogP contribution in [0.2, 0.25) is 0 Å². The number of likely N-dealkylation sites (N-methyl/N-ethyl adjacent to an activating group) is 1. The molecule has 1 N–H and O–H groups in total. The molecule has 7 heteroatoms. The van der Waals surface area contributed by atoms with Crippen molar-refractivity contribution in [2.24, 2.45) is 0 Å². The Morgan fingerprint density at radius 1 is 1.50 bits per heavy atom. The molecule has 0 atom stereocenters. The van der Waals surface area contributed by atoms with Gasteiger partial charge in [0.1, 0.15) is 4.60 Å². The minimum absolute atomic E-state index is 0.00709. The number of amides is 2. The van der Waals surface area contributed by atoms with Crippen molar-refractivity contribution in [2.45, 2.75) is 6.42 Å². The second kappa shape index (κ2) is 8.65. The Kier molecular flexibility index (Phi) is 7.17. The van der Waals surface area contributed by atoms with E-state index >= 15 is 0 Å². The largest absolute Gasteiger partial charge is 0.385 e. The van der Waals surface area contributed by atoms with Crippen LogP contribution in [0.25, 0.3) is 0 Å². The third kappa shape index (κ3) is 5.26. The van der Waals surface area contributed by atoms with Crippen LogP contribution in [0.15, 0.2) is 22.9 Å². The van der Waals surface area contributed by atoms with Crippen LogP contribution in [0.1, 0.15) is 16.8 Å². The number of aromatic nitrogens is 1. The topological polar surface area (TPSA) is 71.5 Å². The molecule has 0 unspecified atom stereocenters. The lowest BCUT2D eigenvalue weighted by molar-refractivity contribution is -0.121. The first-order valence-electron chi connectivity index (χ1n) is 6.18. The van der Waals surface area contributed by atoms with E-state index in [4.69, 9.17) is 4.74 Å². The molecule has 20 heavy (non-hydrogen) atoms. The summed E-state index contributed by atoms with van der Waals surface area (Å²) in [4.78, 5) is 29.1. The van der Waals surface area contributed by atoms with Gasteiger partial charge in [0.2, 0.25) is 5.91 Å². The smallest absolute Gasteiger partial charge is 0.256 e. The van der Waals surface area contributed by atoms with E-state index in [1.165, 1.54) is 4.90 Å². The molecule has 0 radical (unpaired) electrons. The second-order valence-electron chi connectivity index (χ2n) is 4.20. The molecule has 1 aromatic heterocycles. The molecule has 0 saturated carbocycles. The van der Waals surface area contributed by atoms with Crippen LogP contribution >= 0.6 is 15.9 Å². The van der Waals surface area contributed by atoms with Crippen molar-refractivity contribution in [2.75, 3.05) is 33.9 Å². The Bertz CT molecular complexity index is 468. The Morgan fingerprint density at radius 3 is 2.90 bits per heavy atom. The van der Waals surface area contributed by atoms with Gasteiger partial charge < -0.3 is 15.0 Å². The maximum Gasteiger partial charge on any atom is 0.256 e. The summed E-state index contributed by atoms with van der Waals surface area (Å²) in [7, 11) is 3.19. The third-order valence-corrected chi connectivity index (χ3v) is 3.20. The maximum atomic E-state index is 12.1. The van der Waals surface area contributed by atoms with E-state index in [-0.39, 0.29) is 18.4 Å². The Morgan fingerprint density at radius 2 is 2.25 bits per heavy atom. The zero-order valence-electron chi connectivity index (χ0n) is 11.6. The van der Waals surface area contributed by atoms with E-state index in [0.29, 0.717) is 23.3 Å². The fourth-order valence-electron chi connectivity index (χ4n) is 1.54. The van der Waals surface area contributed by atoms with Crippen molar-refractivity contribution in [1.82, 2.24) is 15.2 Å². The van der Waals surface area contributed by atoms with E-state index in [9.17, 15) is 9.59 Å². The zero-order valence-corrected chi connectivity index (χ0v) is 13.1. The molecule has 0 aromatic carbocycles. The van der Waals surface area contributed by atoms with Crippen LogP contribution < -0.4 is 5.32 Å². The Hall–Kier alpha value is -1.47. The first-order valence-corrected chi connectivity index (χ1v) is 6.97. The van der Waals surface area contributed by atoms with Crippen molar-refractivity contribution in [3.05, 3.63) is 28.5 Å². The summed E-state index contributed by atoms with van der Waals surface area (Å²) in [6, 6.07) is 3.34. The minimum Gasteiger partial charge on any atom is -0.385 e. The molecule has 110 valence electrons. The number of hydrogen-bond donors (Lipinski definition) is 1. The number of halogens is 1. The van der Waals surface area contributed by atoms with Crippen LogP contribution in [0.3, 0.4) is 0 Å². The van der Waals surface area contributed by atoms with E-state index in [0.717, 1.165) is 6.42 Å². The summed E-state index contributed by atoms with van der Waals surface area (Å²) in [5, 5.41) is 2.73. The van der Waals surface area contributed by atoms with Crippen LogP contribution in [-0.4, -0.2) is 55.6 Å². The van der Waals surface area contributed by atoms with Gasteiger partial charge in [-0.2, -0.15) is 0 Å². The molecular weight excluding hydrogens is 326 g/mol. The first-order chi connectivity index (χ1) is 9.56. The molecule has 1 aromatic rings.